The molecule has 0 aliphatic rings. The molecular formula is C15H14FN3O2. The number of anilines is 1. The Labute approximate surface area is 121 Å². The molecule has 0 aliphatic heterocycles. The van der Waals surface area contributed by atoms with Gasteiger partial charge in [0.1, 0.15) is 11.6 Å². The zero-order valence-corrected chi connectivity index (χ0v) is 11.4. The smallest absolute Gasteiger partial charge is 0.254 e. The lowest BCUT2D eigenvalue weighted by atomic mass is 10.2. The van der Waals surface area contributed by atoms with Crippen molar-refractivity contribution in [2.24, 2.45) is 0 Å². The van der Waals surface area contributed by atoms with Crippen molar-refractivity contribution in [2.75, 3.05) is 11.9 Å². The highest BCUT2D eigenvalue weighted by atomic mass is 19.1. The van der Waals surface area contributed by atoms with E-state index in [-0.39, 0.29) is 12.1 Å². The summed E-state index contributed by atoms with van der Waals surface area (Å²) in [6.07, 6.45) is 1.57. The first-order chi connectivity index (χ1) is 10.1. The summed E-state index contributed by atoms with van der Waals surface area (Å²) in [4.78, 5) is 27.4. The Bertz CT molecular complexity index is 673. The van der Waals surface area contributed by atoms with Crippen molar-refractivity contribution in [1.82, 2.24) is 10.3 Å². The van der Waals surface area contributed by atoms with E-state index in [9.17, 15) is 14.0 Å². The van der Waals surface area contributed by atoms with E-state index in [1.165, 1.54) is 18.2 Å². The number of pyridine rings is 1. The average Bonchev–Trinajstić information content (AvgIpc) is 2.45. The molecule has 0 radical (unpaired) electrons. The van der Waals surface area contributed by atoms with Crippen LogP contribution in [0.1, 0.15) is 15.9 Å². The number of rotatable bonds is 4. The Morgan fingerprint density at radius 3 is 2.71 bits per heavy atom. The van der Waals surface area contributed by atoms with Gasteiger partial charge in [-0.15, -0.1) is 0 Å². The Morgan fingerprint density at radius 2 is 2.00 bits per heavy atom. The first kappa shape index (κ1) is 14.6. The monoisotopic (exact) mass is 287 g/mol. The molecule has 0 atom stereocenters. The van der Waals surface area contributed by atoms with Crippen molar-refractivity contribution >= 4 is 17.6 Å². The van der Waals surface area contributed by atoms with Crippen LogP contribution in [0.3, 0.4) is 0 Å². The molecule has 1 heterocycles. The highest BCUT2D eigenvalue weighted by molar-refractivity contribution is 5.99. The molecule has 2 rings (SSSR count). The van der Waals surface area contributed by atoms with E-state index >= 15 is 0 Å². The van der Waals surface area contributed by atoms with Gasteiger partial charge in [-0.25, -0.2) is 9.37 Å². The van der Waals surface area contributed by atoms with E-state index in [2.05, 4.69) is 15.6 Å². The normalized spacial score (nSPS) is 10.0. The minimum Gasteiger partial charge on any atom is -0.343 e. The fourth-order valence-corrected chi connectivity index (χ4v) is 1.69. The highest BCUT2D eigenvalue weighted by Gasteiger charge is 2.12. The first-order valence-electron chi connectivity index (χ1n) is 6.31. The van der Waals surface area contributed by atoms with Crippen LogP contribution in [0.25, 0.3) is 0 Å². The lowest BCUT2D eigenvalue weighted by Gasteiger charge is -2.07. The number of amides is 2. The van der Waals surface area contributed by atoms with Crippen LogP contribution in [-0.4, -0.2) is 23.3 Å². The summed E-state index contributed by atoms with van der Waals surface area (Å²) < 4.78 is 13.4. The third kappa shape index (κ3) is 4.10. The molecule has 108 valence electrons. The predicted molar refractivity (Wildman–Crippen MR) is 76.3 cm³/mol. The maximum atomic E-state index is 13.4. The van der Waals surface area contributed by atoms with E-state index in [1.807, 2.05) is 6.92 Å². The number of carbonyl (C=O) groups excluding carboxylic acids is 2. The van der Waals surface area contributed by atoms with Gasteiger partial charge < -0.3 is 10.6 Å². The summed E-state index contributed by atoms with van der Waals surface area (Å²) >= 11 is 0. The van der Waals surface area contributed by atoms with Gasteiger partial charge in [0.15, 0.2) is 0 Å². The van der Waals surface area contributed by atoms with Gasteiger partial charge in [0.2, 0.25) is 5.91 Å². The van der Waals surface area contributed by atoms with Gasteiger partial charge in [-0.2, -0.15) is 0 Å². The molecule has 2 amide bonds. The summed E-state index contributed by atoms with van der Waals surface area (Å²) in [5.74, 6) is -1.30. The van der Waals surface area contributed by atoms with Gasteiger partial charge in [-0.05, 0) is 36.8 Å². The molecule has 21 heavy (non-hydrogen) atoms. The van der Waals surface area contributed by atoms with Gasteiger partial charge in [0.05, 0.1) is 12.1 Å². The molecule has 0 saturated carbocycles. The van der Waals surface area contributed by atoms with Gasteiger partial charge in [-0.3, -0.25) is 9.59 Å². The maximum absolute atomic E-state index is 13.4. The summed E-state index contributed by atoms with van der Waals surface area (Å²) in [6, 6.07) is 9.08. The molecular weight excluding hydrogens is 273 g/mol. The van der Waals surface area contributed by atoms with E-state index in [0.29, 0.717) is 5.82 Å². The lowest BCUT2D eigenvalue weighted by molar-refractivity contribution is -0.115. The first-order valence-corrected chi connectivity index (χ1v) is 6.31. The Hall–Kier alpha value is -2.76. The minimum atomic E-state index is -0.638. The van der Waals surface area contributed by atoms with Crippen LogP contribution >= 0.6 is 0 Å². The largest absolute Gasteiger partial charge is 0.343 e. The Morgan fingerprint density at radius 1 is 1.24 bits per heavy atom. The van der Waals surface area contributed by atoms with Crippen LogP contribution in [-0.2, 0) is 4.79 Å². The van der Waals surface area contributed by atoms with Gasteiger partial charge in [0.25, 0.3) is 5.91 Å². The van der Waals surface area contributed by atoms with Gasteiger partial charge in [0, 0.05) is 6.20 Å². The van der Waals surface area contributed by atoms with Crippen LogP contribution in [0.5, 0.6) is 0 Å². The topological polar surface area (TPSA) is 71.1 Å². The second-order valence-corrected chi connectivity index (χ2v) is 4.43. The summed E-state index contributed by atoms with van der Waals surface area (Å²) in [5, 5.41) is 4.90. The fraction of sp³-hybridized carbons (Fsp3) is 0.133. The van der Waals surface area contributed by atoms with E-state index in [4.69, 9.17) is 0 Å². The number of hydrogen-bond donors (Lipinski definition) is 2. The number of nitrogens with zero attached hydrogens (tertiary/aromatic N) is 1. The molecule has 1 aromatic carbocycles. The van der Waals surface area contributed by atoms with Crippen LogP contribution in [0, 0.1) is 12.7 Å². The molecule has 2 N–H and O–H groups in total. The van der Waals surface area contributed by atoms with Crippen LogP contribution in [0.2, 0.25) is 0 Å². The Kier molecular flexibility index (Phi) is 4.61. The Balaban J connectivity index is 1.90. The standard InChI is InChI=1S/C15H14FN3O2/c1-10-6-7-17-13(8-10)19-14(20)9-18-15(21)11-4-2-3-5-12(11)16/h2-8H,9H2,1H3,(H,18,21)(H,17,19,20). The molecule has 1 aromatic heterocycles. The van der Waals surface area contributed by atoms with E-state index < -0.39 is 17.6 Å². The molecule has 2 aromatic rings. The maximum Gasteiger partial charge on any atom is 0.254 e. The molecule has 6 heteroatoms. The average molecular weight is 287 g/mol. The van der Waals surface area contributed by atoms with E-state index in [1.54, 1.807) is 24.4 Å². The second kappa shape index (κ2) is 6.60. The zero-order chi connectivity index (χ0) is 15.2. The number of carbonyl (C=O) groups is 2. The number of aryl methyl sites for hydroxylation is 1. The van der Waals surface area contributed by atoms with Gasteiger partial charge in [-0.1, -0.05) is 12.1 Å². The SMILES string of the molecule is Cc1ccnc(NC(=O)CNC(=O)c2ccccc2F)c1. The molecule has 0 spiro atoms. The third-order valence-corrected chi connectivity index (χ3v) is 2.71. The third-order valence-electron chi connectivity index (χ3n) is 2.71. The number of aromatic nitrogens is 1. The number of benzene rings is 1. The quantitative estimate of drug-likeness (QED) is 0.902. The van der Waals surface area contributed by atoms with Crippen molar-refractivity contribution in [3.8, 4) is 0 Å². The second-order valence-electron chi connectivity index (χ2n) is 4.43. The van der Waals surface area contributed by atoms with Crippen molar-refractivity contribution in [2.45, 2.75) is 6.92 Å². The minimum absolute atomic E-state index is 0.0982. The zero-order valence-electron chi connectivity index (χ0n) is 11.4. The number of nitrogens with one attached hydrogen (secondary N) is 2. The van der Waals surface area contributed by atoms with Crippen molar-refractivity contribution < 1.29 is 14.0 Å². The molecule has 5 nitrogen and oxygen atoms in total. The summed E-state index contributed by atoms with van der Waals surface area (Å²) in [6.45, 7) is 1.61. The predicted octanol–water partition coefficient (Wildman–Crippen LogP) is 1.90. The fourth-order valence-electron chi connectivity index (χ4n) is 1.69. The molecule has 0 unspecified atom stereocenters. The number of hydrogen-bond acceptors (Lipinski definition) is 3. The number of halogens is 1. The summed E-state index contributed by atoms with van der Waals surface area (Å²) in [5.41, 5.74) is 0.856. The van der Waals surface area contributed by atoms with E-state index in [0.717, 1.165) is 5.56 Å². The molecule has 0 fully saturated rings. The van der Waals surface area contributed by atoms with Crippen molar-refractivity contribution in [3.05, 3.63) is 59.5 Å². The molecule has 0 aliphatic carbocycles. The lowest BCUT2D eigenvalue weighted by Crippen LogP contribution is -2.33. The van der Waals surface area contributed by atoms with Crippen LogP contribution in [0.15, 0.2) is 42.6 Å². The molecule has 0 bridgehead atoms. The summed E-state index contributed by atoms with van der Waals surface area (Å²) in [7, 11) is 0. The van der Waals surface area contributed by atoms with Crippen LogP contribution in [0.4, 0.5) is 10.2 Å². The van der Waals surface area contributed by atoms with Gasteiger partial charge >= 0.3 is 0 Å². The molecule has 0 saturated heterocycles. The highest BCUT2D eigenvalue weighted by Crippen LogP contribution is 2.06. The van der Waals surface area contributed by atoms with Crippen molar-refractivity contribution in [3.63, 3.8) is 0 Å². The van der Waals surface area contributed by atoms with Crippen LogP contribution < -0.4 is 10.6 Å². The van der Waals surface area contributed by atoms with Crippen molar-refractivity contribution in [1.29, 1.82) is 0 Å².